The molecule has 1 fully saturated rings. The Balaban J connectivity index is 2.29. The molecular weight excluding hydrogens is 264 g/mol. The summed E-state index contributed by atoms with van der Waals surface area (Å²) in [5, 5.41) is 10.5. The Morgan fingerprint density at radius 3 is 2.40 bits per heavy atom. The summed E-state index contributed by atoms with van der Waals surface area (Å²) in [5.74, 6) is -1.85. The van der Waals surface area contributed by atoms with Gasteiger partial charge < -0.3 is 9.84 Å². The van der Waals surface area contributed by atoms with Crippen molar-refractivity contribution >= 4 is 0 Å². The first-order valence-corrected chi connectivity index (χ1v) is 6.81. The lowest BCUT2D eigenvalue weighted by Crippen LogP contribution is -2.53. The average molecular weight is 285 g/mol. The van der Waals surface area contributed by atoms with Crippen LogP contribution in [-0.2, 0) is 4.74 Å². The minimum absolute atomic E-state index is 0.00425. The van der Waals surface area contributed by atoms with Gasteiger partial charge in [0.15, 0.2) is 11.6 Å². The Labute approximate surface area is 118 Å². The molecule has 1 heterocycles. The highest BCUT2D eigenvalue weighted by Gasteiger charge is 2.37. The summed E-state index contributed by atoms with van der Waals surface area (Å²) in [6.07, 6.45) is -1.10. The molecule has 112 valence electrons. The van der Waals surface area contributed by atoms with Crippen molar-refractivity contribution in [3.8, 4) is 0 Å². The van der Waals surface area contributed by atoms with Crippen molar-refractivity contribution in [2.24, 2.45) is 0 Å². The molecule has 1 saturated heterocycles. The van der Waals surface area contributed by atoms with E-state index in [9.17, 15) is 13.9 Å². The van der Waals surface area contributed by atoms with Gasteiger partial charge >= 0.3 is 0 Å². The standard InChI is InChI=1S/C15H21F2NO2/c1-10-4-5-11(13(17)12(10)16)14(19)15(2,3)18-6-8-20-9-7-18/h4-5,14,19H,6-9H2,1-3H3. The van der Waals surface area contributed by atoms with Crippen LogP contribution in [0.25, 0.3) is 0 Å². The Morgan fingerprint density at radius 1 is 1.20 bits per heavy atom. The molecule has 1 unspecified atom stereocenters. The number of aryl methyl sites for hydroxylation is 1. The van der Waals surface area contributed by atoms with Crippen molar-refractivity contribution in [2.45, 2.75) is 32.4 Å². The molecule has 5 heteroatoms. The number of morpholine rings is 1. The van der Waals surface area contributed by atoms with Crippen LogP contribution in [0.5, 0.6) is 0 Å². The highest BCUT2D eigenvalue weighted by atomic mass is 19.2. The minimum Gasteiger partial charge on any atom is -0.386 e. The van der Waals surface area contributed by atoms with Crippen LogP contribution >= 0.6 is 0 Å². The van der Waals surface area contributed by atoms with Gasteiger partial charge in [0.05, 0.1) is 19.3 Å². The molecule has 0 aromatic heterocycles. The van der Waals surface area contributed by atoms with Gasteiger partial charge in [-0.1, -0.05) is 12.1 Å². The molecule has 1 aliphatic rings. The number of rotatable bonds is 3. The number of benzene rings is 1. The van der Waals surface area contributed by atoms with Crippen LogP contribution in [0.3, 0.4) is 0 Å². The Hall–Kier alpha value is -1.04. The third kappa shape index (κ3) is 2.71. The topological polar surface area (TPSA) is 32.7 Å². The van der Waals surface area contributed by atoms with Crippen LogP contribution in [0.15, 0.2) is 12.1 Å². The van der Waals surface area contributed by atoms with E-state index in [4.69, 9.17) is 4.74 Å². The lowest BCUT2D eigenvalue weighted by atomic mass is 9.88. The van der Waals surface area contributed by atoms with Gasteiger partial charge in [-0.05, 0) is 26.3 Å². The lowest BCUT2D eigenvalue weighted by molar-refractivity contribution is -0.0641. The molecule has 0 amide bonds. The van der Waals surface area contributed by atoms with Crippen LogP contribution in [0.1, 0.15) is 31.1 Å². The fraction of sp³-hybridized carbons (Fsp3) is 0.600. The van der Waals surface area contributed by atoms with Gasteiger partial charge in [-0.2, -0.15) is 0 Å². The summed E-state index contributed by atoms with van der Waals surface area (Å²) in [4.78, 5) is 2.04. The van der Waals surface area contributed by atoms with Crippen molar-refractivity contribution in [1.29, 1.82) is 0 Å². The SMILES string of the molecule is Cc1ccc(C(O)C(C)(C)N2CCOCC2)c(F)c1F. The number of hydrogen-bond donors (Lipinski definition) is 1. The molecule has 0 saturated carbocycles. The van der Waals surface area contributed by atoms with E-state index in [0.29, 0.717) is 26.3 Å². The Morgan fingerprint density at radius 2 is 1.80 bits per heavy atom. The van der Waals surface area contributed by atoms with E-state index in [1.165, 1.54) is 19.1 Å². The van der Waals surface area contributed by atoms with Gasteiger partial charge in [-0.25, -0.2) is 8.78 Å². The zero-order valence-electron chi connectivity index (χ0n) is 12.1. The summed E-state index contributed by atoms with van der Waals surface area (Å²) in [5.41, 5.74) is -0.445. The molecule has 2 rings (SSSR count). The van der Waals surface area contributed by atoms with Gasteiger partial charge in [0.25, 0.3) is 0 Å². The normalized spacial score (nSPS) is 19.1. The number of halogens is 2. The second-order valence-corrected chi connectivity index (χ2v) is 5.76. The first kappa shape index (κ1) is 15.4. The number of aliphatic hydroxyl groups is 1. The fourth-order valence-electron chi connectivity index (χ4n) is 2.57. The fourth-order valence-corrected chi connectivity index (χ4v) is 2.57. The van der Waals surface area contributed by atoms with Crippen molar-refractivity contribution in [3.63, 3.8) is 0 Å². The molecule has 0 aliphatic carbocycles. The summed E-state index contributed by atoms with van der Waals surface area (Å²) in [7, 11) is 0. The lowest BCUT2D eigenvalue weighted by Gasteiger charge is -2.43. The molecule has 1 aromatic carbocycles. The maximum atomic E-state index is 14.0. The molecule has 1 aliphatic heterocycles. The highest BCUT2D eigenvalue weighted by Crippen LogP contribution is 2.34. The molecule has 1 aromatic rings. The van der Waals surface area contributed by atoms with E-state index >= 15 is 0 Å². The average Bonchev–Trinajstić information content (AvgIpc) is 2.45. The van der Waals surface area contributed by atoms with E-state index in [1.54, 1.807) is 0 Å². The van der Waals surface area contributed by atoms with Gasteiger partial charge in [0.1, 0.15) is 0 Å². The van der Waals surface area contributed by atoms with Crippen LogP contribution in [0, 0.1) is 18.6 Å². The van der Waals surface area contributed by atoms with Crippen LogP contribution in [0.2, 0.25) is 0 Å². The Kier molecular flexibility index (Phi) is 4.42. The van der Waals surface area contributed by atoms with E-state index in [0.717, 1.165) is 0 Å². The molecule has 0 bridgehead atoms. The zero-order chi connectivity index (χ0) is 14.9. The maximum absolute atomic E-state index is 14.0. The predicted octanol–water partition coefficient (Wildman–Crippen LogP) is 2.42. The predicted molar refractivity (Wildman–Crippen MR) is 72.5 cm³/mol. The van der Waals surface area contributed by atoms with Gasteiger partial charge in [-0.3, -0.25) is 4.90 Å². The van der Waals surface area contributed by atoms with E-state index in [-0.39, 0.29) is 11.1 Å². The van der Waals surface area contributed by atoms with Crippen LogP contribution < -0.4 is 0 Å². The van der Waals surface area contributed by atoms with Gasteiger partial charge in [-0.15, -0.1) is 0 Å². The molecular formula is C15H21F2NO2. The first-order chi connectivity index (χ1) is 9.35. The van der Waals surface area contributed by atoms with Gasteiger partial charge in [0.2, 0.25) is 0 Å². The Bertz CT molecular complexity index is 485. The molecule has 20 heavy (non-hydrogen) atoms. The minimum atomic E-state index is -1.10. The third-order valence-corrected chi connectivity index (χ3v) is 4.10. The summed E-state index contributed by atoms with van der Waals surface area (Å²) in [6.45, 7) is 7.67. The summed E-state index contributed by atoms with van der Waals surface area (Å²) in [6, 6.07) is 2.95. The molecule has 3 nitrogen and oxygen atoms in total. The maximum Gasteiger partial charge on any atom is 0.164 e. The van der Waals surface area contributed by atoms with E-state index < -0.39 is 23.3 Å². The van der Waals surface area contributed by atoms with E-state index in [2.05, 4.69) is 0 Å². The highest BCUT2D eigenvalue weighted by molar-refractivity contribution is 5.28. The summed E-state index contributed by atoms with van der Waals surface area (Å²) >= 11 is 0. The smallest absolute Gasteiger partial charge is 0.164 e. The largest absolute Gasteiger partial charge is 0.386 e. The third-order valence-electron chi connectivity index (χ3n) is 4.10. The number of aliphatic hydroxyl groups excluding tert-OH is 1. The zero-order valence-corrected chi connectivity index (χ0v) is 12.1. The van der Waals surface area contributed by atoms with Crippen molar-refractivity contribution in [2.75, 3.05) is 26.3 Å². The molecule has 1 N–H and O–H groups in total. The van der Waals surface area contributed by atoms with Crippen molar-refractivity contribution in [1.82, 2.24) is 4.90 Å². The quantitative estimate of drug-likeness (QED) is 0.926. The van der Waals surface area contributed by atoms with Gasteiger partial charge in [0, 0.05) is 24.2 Å². The molecule has 0 spiro atoms. The van der Waals surface area contributed by atoms with E-state index in [1.807, 2.05) is 18.7 Å². The second kappa shape index (κ2) is 5.76. The van der Waals surface area contributed by atoms with Crippen molar-refractivity contribution < 1.29 is 18.6 Å². The molecule has 0 radical (unpaired) electrons. The first-order valence-electron chi connectivity index (χ1n) is 6.81. The van der Waals surface area contributed by atoms with Crippen molar-refractivity contribution in [3.05, 3.63) is 34.9 Å². The van der Waals surface area contributed by atoms with Crippen LogP contribution in [-0.4, -0.2) is 41.8 Å². The van der Waals surface area contributed by atoms with Crippen LogP contribution in [0.4, 0.5) is 8.78 Å². The summed E-state index contributed by atoms with van der Waals surface area (Å²) < 4.78 is 33.0. The number of ether oxygens (including phenoxy) is 1. The number of nitrogens with zero attached hydrogens (tertiary/aromatic N) is 1. The monoisotopic (exact) mass is 285 g/mol. The second-order valence-electron chi connectivity index (χ2n) is 5.76. The number of hydrogen-bond acceptors (Lipinski definition) is 3. The molecule has 1 atom stereocenters.